The van der Waals surface area contributed by atoms with Gasteiger partial charge in [-0.2, -0.15) is 0 Å². The summed E-state index contributed by atoms with van der Waals surface area (Å²) in [6, 6.07) is 12.5. The van der Waals surface area contributed by atoms with E-state index in [0.717, 1.165) is 18.0 Å². The SMILES string of the molecule is CNCC(Cc1cccs1)c1cccc(Cl)c1. The van der Waals surface area contributed by atoms with Crippen LogP contribution in [0.15, 0.2) is 41.8 Å². The van der Waals surface area contributed by atoms with Crippen LogP contribution in [-0.4, -0.2) is 13.6 Å². The Bertz CT molecular complexity index is 453. The van der Waals surface area contributed by atoms with Gasteiger partial charge in [0.2, 0.25) is 0 Å². The van der Waals surface area contributed by atoms with Crippen LogP contribution >= 0.6 is 22.9 Å². The van der Waals surface area contributed by atoms with Crippen molar-refractivity contribution >= 4 is 22.9 Å². The van der Waals surface area contributed by atoms with Gasteiger partial charge in [0.05, 0.1) is 0 Å². The molecule has 90 valence electrons. The lowest BCUT2D eigenvalue weighted by Crippen LogP contribution is -2.18. The highest BCUT2D eigenvalue weighted by Crippen LogP contribution is 2.24. The van der Waals surface area contributed by atoms with Gasteiger partial charge in [-0.1, -0.05) is 29.8 Å². The molecule has 17 heavy (non-hydrogen) atoms. The van der Waals surface area contributed by atoms with Crippen molar-refractivity contribution in [3.05, 3.63) is 57.2 Å². The van der Waals surface area contributed by atoms with Crippen LogP contribution in [0.25, 0.3) is 0 Å². The molecule has 1 atom stereocenters. The third kappa shape index (κ3) is 3.56. The third-order valence-electron chi connectivity index (χ3n) is 2.80. The number of hydrogen-bond acceptors (Lipinski definition) is 2. The summed E-state index contributed by atoms with van der Waals surface area (Å²) in [6.45, 7) is 0.970. The summed E-state index contributed by atoms with van der Waals surface area (Å²) in [5.74, 6) is 0.484. The van der Waals surface area contributed by atoms with Gasteiger partial charge in [0.15, 0.2) is 0 Å². The van der Waals surface area contributed by atoms with E-state index in [1.54, 1.807) is 0 Å². The van der Waals surface area contributed by atoms with E-state index in [2.05, 4.69) is 35.0 Å². The van der Waals surface area contributed by atoms with Crippen LogP contribution in [0.2, 0.25) is 5.02 Å². The third-order valence-corrected chi connectivity index (χ3v) is 3.93. The maximum Gasteiger partial charge on any atom is 0.0408 e. The molecule has 0 aliphatic carbocycles. The first-order chi connectivity index (χ1) is 8.29. The number of benzene rings is 1. The smallest absolute Gasteiger partial charge is 0.0408 e. The van der Waals surface area contributed by atoms with Gasteiger partial charge in [0.1, 0.15) is 0 Å². The summed E-state index contributed by atoms with van der Waals surface area (Å²) < 4.78 is 0. The van der Waals surface area contributed by atoms with Crippen molar-refractivity contribution in [2.45, 2.75) is 12.3 Å². The molecule has 0 bridgehead atoms. The highest BCUT2D eigenvalue weighted by Gasteiger charge is 2.12. The fraction of sp³-hybridized carbons (Fsp3) is 0.286. The van der Waals surface area contributed by atoms with Crippen molar-refractivity contribution in [1.82, 2.24) is 5.32 Å². The van der Waals surface area contributed by atoms with E-state index in [4.69, 9.17) is 11.6 Å². The van der Waals surface area contributed by atoms with Crippen LogP contribution in [0.5, 0.6) is 0 Å². The normalized spacial score (nSPS) is 12.6. The number of rotatable bonds is 5. The zero-order chi connectivity index (χ0) is 12.1. The largest absolute Gasteiger partial charge is 0.319 e. The molecule has 3 heteroatoms. The quantitative estimate of drug-likeness (QED) is 0.863. The van der Waals surface area contributed by atoms with E-state index in [0.29, 0.717) is 5.92 Å². The van der Waals surface area contributed by atoms with Crippen molar-refractivity contribution in [2.24, 2.45) is 0 Å². The Morgan fingerprint density at radius 2 is 2.18 bits per heavy atom. The molecule has 1 aromatic carbocycles. The fourth-order valence-corrected chi connectivity index (χ4v) is 2.97. The summed E-state index contributed by atoms with van der Waals surface area (Å²) in [5.41, 5.74) is 1.31. The van der Waals surface area contributed by atoms with Gasteiger partial charge in [0, 0.05) is 22.4 Å². The van der Waals surface area contributed by atoms with E-state index >= 15 is 0 Å². The van der Waals surface area contributed by atoms with E-state index in [1.807, 2.05) is 30.5 Å². The number of halogens is 1. The van der Waals surface area contributed by atoms with Crippen LogP contribution in [0.1, 0.15) is 16.4 Å². The van der Waals surface area contributed by atoms with Crippen molar-refractivity contribution < 1.29 is 0 Å². The summed E-state index contributed by atoms with van der Waals surface area (Å²) >= 11 is 7.87. The average molecular weight is 266 g/mol. The first-order valence-electron chi connectivity index (χ1n) is 5.72. The van der Waals surface area contributed by atoms with Gasteiger partial charge in [0.25, 0.3) is 0 Å². The monoisotopic (exact) mass is 265 g/mol. The second kappa shape index (κ2) is 6.20. The molecule has 0 aliphatic rings. The topological polar surface area (TPSA) is 12.0 Å². The lowest BCUT2D eigenvalue weighted by atomic mass is 9.95. The highest BCUT2D eigenvalue weighted by atomic mass is 35.5. The van der Waals surface area contributed by atoms with Crippen molar-refractivity contribution in [3.8, 4) is 0 Å². The molecule has 1 aromatic heterocycles. The predicted molar refractivity (Wildman–Crippen MR) is 76.1 cm³/mol. The summed E-state index contributed by atoms with van der Waals surface area (Å²) in [6.07, 6.45) is 1.07. The fourth-order valence-electron chi connectivity index (χ4n) is 1.99. The minimum atomic E-state index is 0.484. The maximum atomic E-state index is 6.05. The molecule has 0 amide bonds. The van der Waals surface area contributed by atoms with Gasteiger partial charge in [-0.3, -0.25) is 0 Å². The predicted octanol–water partition coefficient (Wildman–Crippen LogP) is 3.95. The standard InChI is InChI=1S/C14H16ClNS/c1-16-10-12(9-14-6-3-7-17-14)11-4-2-5-13(15)8-11/h2-8,12,16H,9-10H2,1H3. The van der Waals surface area contributed by atoms with Crippen LogP contribution in [0.4, 0.5) is 0 Å². The second-order valence-electron chi connectivity index (χ2n) is 4.09. The molecular weight excluding hydrogens is 250 g/mol. The minimum Gasteiger partial charge on any atom is -0.319 e. The van der Waals surface area contributed by atoms with Crippen molar-refractivity contribution in [3.63, 3.8) is 0 Å². The van der Waals surface area contributed by atoms with Gasteiger partial charge in [-0.25, -0.2) is 0 Å². The van der Waals surface area contributed by atoms with E-state index < -0.39 is 0 Å². The van der Waals surface area contributed by atoms with E-state index in [1.165, 1.54) is 10.4 Å². The molecule has 1 N–H and O–H groups in total. The lowest BCUT2D eigenvalue weighted by molar-refractivity contribution is 0.630. The molecule has 0 saturated heterocycles. The highest BCUT2D eigenvalue weighted by molar-refractivity contribution is 7.09. The van der Waals surface area contributed by atoms with Crippen molar-refractivity contribution in [1.29, 1.82) is 0 Å². The molecular formula is C14H16ClNS. The van der Waals surface area contributed by atoms with Crippen LogP contribution in [-0.2, 0) is 6.42 Å². The zero-order valence-corrected chi connectivity index (χ0v) is 11.4. The molecule has 0 fully saturated rings. The maximum absolute atomic E-state index is 6.05. The van der Waals surface area contributed by atoms with Crippen molar-refractivity contribution in [2.75, 3.05) is 13.6 Å². The second-order valence-corrected chi connectivity index (χ2v) is 5.56. The molecule has 1 heterocycles. The van der Waals surface area contributed by atoms with Gasteiger partial charge in [-0.05, 0) is 42.6 Å². The van der Waals surface area contributed by atoms with Crippen LogP contribution in [0.3, 0.4) is 0 Å². The average Bonchev–Trinajstić information content (AvgIpc) is 2.81. The van der Waals surface area contributed by atoms with Gasteiger partial charge < -0.3 is 5.32 Å². The molecule has 0 aliphatic heterocycles. The van der Waals surface area contributed by atoms with E-state index in [9.17, 15) is 0 Å². The molecule has 1 nitrogen and oxygen atoms in total. The molecule has 2 aromatic rings. The first-order valence-corrected chi connectivity index (χ1v) is 6.98. The van der Waals surface area contributed by atoms with Gasteiger partial charge in [-0.15, -0.1) is 11.3 Å². The summed E-state index contributed by atoms with van der Waals surface area (Å²) in [4.78, 5) is 1.42. The zero-order valence-electron chi connectivity index (χ0n) is 9.82. The molecule has 0 radical (unpaired) electrons. The summed E-state index contributed by atoms with van der Waals surface area (Å²) in [5, 5.41) is 6.20. The molecule has 1 unspecified atom stereocenters. The Kier molecular flexibility index (Phi) is 4.60. The number of hydrogen-bond donors (Lipinski definition) is 1. The Morgan fingerprint density at radius 1 is 1.29 bits per heavy atom. The first kappa shape index (κ1) is 12.6. The Balaban J connectivity index is 2.16. The Morgan fingerprint density at radius 3 is 2.82 bits per heavy atom. The van der Waals surface area contributed by atoms with Gasteiger partial charge >= 0.3 is 0 Å². The Labute approximate surface area is 111 Å². The number of nitrogens with one attached hydrogen (secondary N) is 1. The molecule has 0 saturated carbocycles. The van der Waals surface area contributed by atoms with Crippen LogP contribution in [0, 0.1) is 0 Å². The molecule has 2 rings (SSSR count). The van der Waals surface area contributed by atoms with E-state index in [-0.39, 0.29) is 0 Å². The number of thiophene rings is 1. The minimum absolute atomic E-state index is 0.484. The Hall–Kier alpha value is -0.830. The summed E-state index contributed by atoms with van der Waals surface area (Å²) in [7, 11) is 1.99. The van der Waals surface area contributed by atoms with Crippen LogP contribution < -0.4 is 5.32 Å². The molecule has 0 spiro atoms. The lowest BCUT2D eigenvalue weighted by Gasteiger charge is -2.16. The number of likely N-dealkylation sites (N-methyl/N-ethyl adjacent to an activating group) is 1.